The minimum Gasteiger partial charge on any atom is -0.469 e. The highest BCUT2D eigenvalue weighted by Gasteiger charge is 2.40. The Labute approximate surface area is 94.1 Å². The molecule has 0 amide bonds. The number of hydrogen-bond donors (Lipinski definition) is 0. The van der Waals surface area contributed by atoms with E-state index >= 15 is 0 Å². The second-order valence-corrected chi connectivity index (χ2v) is 3.58. The highest BCUT2D eigenvalue weighted by molar-refractivity contribution is 5.80. The Kier molecular flexibility index (Phi) is 2.82. The summed E-state index contributed by atoms with van der Waals surface area (Å²) >= 11 is 0. The van der Waals surface area contributed by atoms with Crippen LogP contribution in [0, 0.1) is 0 Å². The van der Waals surface area contributed by atoms with E-state index in [2.05, 4.69) is 5.10 Å². The van der Waals surface area contributed by atoms with Crippen molar-refractivity contribution in [3.05, 3.63) is 11.3 Å². The smallest absolute Gasteiger partial charge is 0.436 e. The summed E-state index contributed by atoms with van der Waals surface area (Å²) < 4.78 is 48.6. The molecule has 0 aromatic carbocycles. The third-order valence-electron chi connectivity index (χ3n) is 2.30. The maximum Gasteiger partial charge on any atom is 0.436 e. The monoisotopic (exact) mass is 250 g/mol. The van der Waals surface area contributed by atoms with E-state index in [1.54, 1.807) is 0 Å². The van der Waals surface area contributed by atoms with Crippen LogP contribution in [-0.4, -0.2) is 35.4 Å². The molecule has 1 aromatic heterocycles. The van der Waals surface area contributed by atoms with Gasteiger partial charge in [0.15, 0.2) is 12.0 Å². The van der Waals surface area contributed by atoms with Crippen molar-refractivity contribution < 1.29 is 27.4 Å². The quantitative estimate of drug-likeness (QED) is 0.752. The molecule has 2 rings (SSSR count). The number of ether oxygens (including phenoxy) is 2. The van der Waals surface area contributed by atoms with Crippen LogP contribution in [0.15, 0.2) is 0 Å². The molecule has 0 spiro atoms. The van der Waals surface area contributed by atoms with E-state index in [0.717, 1.165) is 4.68 Å². The first-order valence-corrected chi connectivity index (χ1v) is 4.77. The van der Waals surface area contributed by atoms with Gasteiger partial charge in [-0.25, -0.2) is 4.68 Å². The van der Waals surface area contributed by atoms with E-state index in [1.807, 2.05) is 0 Å². The van der Waals surface area contributed by atoms with Crippen LogP contribution in [0.1, 0.15) is 16.1 Å². The lowest BCUT2D eigenvalue weighted by atomic mass is 10.2. The largest absolute Gasteiger partial charge is 0.469 e. The van der Waals surface area contributed by atoms with Crippen LogP contribution in [0.2, 0.25) is 0 Å². The molecule has 0 N–H and O–H groups in total. The van der Waals surface area contributed by atoms with Gasteiger partial charge in [-0.2, -0.15) is 18.3 Å². The van der Waals surface area contributed by atoms with Crippen molar-refractivity contribution >= 4 is 6.29 Å². The number of halogens is 3. The summed E-state index contributed by atoms with van der Waals surface area (Å²) in [6.45, 7) is 0.593. The fraction of sp³-hybridized carbons (Fsp3) is 0.556. The second kappa shape index (κ2) is 4.02. The minimum atomic E-state index is -4.67. The van der Waals surface area contributed by atoms with Crippen molar-refractivity contribution in [1.29, 1.82) is 0 Å². The molecule has 2 heterocycles. The Morgan fingerprint density at radius 2 is 2.18 bits per heavy atom. The molecule has 1 saturated heterocycles. The highest BCUT2D eigenvalue weighted by atomic mass is 19.4. The number of carbonyl (C=O) groups is 1. The fourth-order valence-corrected chi connectivity index (χ4v) is 1.42. The minimum absolute atomic E-state index is 0.102. The Hall–Kier alpha value is -1.57. The van der Waals surface area contributed by atoms with Gasteiger partial charge in [0.1, 0.15) is 11.7 Å². The van der Waals surface area contributed by atoms with Gasteiger partial charge >= 0.3 is 6.18 Å². The van der Waals surface area contributed by atoms with Crippen molar-refractivity contribution in [3.63, 3.8) is 0 Å². The number of rotatable bonds is 3. The van der Waals surface area contributed by atoms with Crippen LogP contribution >= 0.6 is 0 Å². The summed E-state index contributed by atoms with van der Waals surface area (Å²) in [5.74, 6) is -0.180. The molecule has 17 heavy (non-hydrogen) atoms. The Balaban J connectivity index is 2.36. The third-order valence-corrected chi connectivity index (χ3v) is 2.30. The molecule has 0 atom stereocenters. The summed E-state index contributed by atoms with van der Waals surface area (Å²) in [6.07, 6.45) is -4.90. The second-order valence-electron chi connectivity index (χ2n) is 3.58. The van der Waals surface area contributed by atoms with E-state index in [9.17, 15) is 18.0 Å². The standard InChI is InChI=1S/C9H9F3N2O3/c1-14-8(17-5-3-16-4-5)6(2-15)7(13-14)9(10,11)12/h2,5H,3-4H2,1H3. The predicted octanol–water partition coefficient (Wildman–Crippen LogP) is 1.03. The third kappa shape index (κ3) is 2.12. The zero-order valence-corrected chi connectivity index (χ0v) is 8.82. The molecule has 0 aliphatic carbocycles. The highest BCUT2D eigenvalue weighted by Crippen LogP contribution is 2.34. The topological polar surface area (TPSA) is 53.4 Å². The molecular weight excluding hydrogens is 241 g/mol. The molecular formula is C9H9F3N2O3. The van der Waals surface area contributed by atoms with Gasteiger partial charge in [-0.1, -0.05) is 0 Å². The SMILES string of the molecule is Cn1nc(C(F)(F)F)c(C=O)c1OC1COC1. The number of hydrogen-bond acceptors (Lipinski definition) is 4. The first-order valence-electron chi connectivity index (χ1n) is 4.77. The van der Waals surface area contributed by atoms with Crippen LogP contribution < -0.4 is 4.74 Å². The van der Waals surface area contributed by atoms with Crippen molar-refractivity contribution in [2.24, 2.45) is 7.05 Å². The number of aryl methyl sites for hydroxylation is 1. The van der Waals surface area contributed by atoms with Gasteiger partial charge in [-0.3, -0.25) is 4.79 Å². The molecule has 0 bridgehead atoms. The molecule has 5 nitrogen and oxygen atoms in total. The number of carbonyl (C=O) groups excluding carboxylic acids is 1. The zero-order valence-electron chi connectivity index (χ0n) is 8.82. The zero-order chi connectivity index (χ0) is 12.6. The maximum absolute atomic E-state index is 12.5. The van der Waals surface area contributed by atoms with Crippen LogP contribution in [0.5, 0.6) is 5.88 Å². The average Bonchev–Trinajstić information content (AvgIpc) is 2.48. The van der Waals surface area contributed by atoms with Gasteiger partial charge in [0, 0.05) is 7.05 Å². The van der Waals surface area contributed by atoms with Crippen LogP contribution in [-0.2, 0) is 18.0 Å². The van der Waals surface area contributed by atoms with E-state index in [-0.39, 0.29) is 18.3 Å². The summed E-state index contributed by atoms with van der Waals surface area (Å²) in [4.78, 5) is 10.7. The van der Waals surface area contributed by atoms with Gasteiger partial charge in [0.25, 0.3) is 0 Å². The van der Waals surface area contributed by atoms with E-state index in [1.165, 1.54) is 7.05 Å². The molecule has 0 saturated carbocycles. The Morgan fingerprint density at radius 3 is 2.59 bits per heavy atom. The number of aldehydes is 1. The number of aromatic nitrogens is 2. The molecule has 0 radical (unpaired) electrons. The lowest BCUT2D eigenvalue weighted by Crippen LogP contribution is -2.39. The van der Waals surface area contributed by atoms with Crippen molar-refractivity contribution in [2.45, 2.75) is 12.3 Å². The molecule has 1 aliphatic heterocycles. The molecule has 8 heteroatoms. The predicted molar refractivity (Wildman–Crippen MR) is 48.8 cm³/mol. The maximum atomic E-state index is 12.5. The van der Waals surface area contributed by atoms with Crippen molar-refractivity contribution in [3.8, 4) is 5.88 Å². The van der Waals surface area contributed by atoms with E-state index < -0.39 is 17.4 Å². The van der Waals surface area contributed by atoms with Crippen LogP contribution in [0.4, 0.5) is 13.2 Å². The Morgan fingerprint density at radius 1 is 1.53 bits per heavy atom. The van der Waals surface area contributed by atoms with E-state index in [0.29, 0.717) is 13.2 Å². The summed E-state index contributed by atoms with van der Waals surface area (Å²) in [5, 5.41) is 3.26. The van der Waals surface area contributed by atoms with Crippen LogP contribution in [0.3, 0.4) is 0 Å². The summed E-state index contributed by atoms with van der Waals surface area (Å²) in [7, 11) is 1.29. The van der Waals surface area contributed by atoms with Gasteiger partial charge in [-0.15, -0.1) is 0 Å². The van der Waals surface area contributed by atoms with Crippen molar-refractivity contribution in [2.75, 3.05) is 13.2 Å². The normalized spacial score (nSPS) is 16.7. The Bertz CT molecular complexity index is 437. The lowest BCUT2D eigenvalue weighted by molar-refractivity contribution is -0.141. The van der Waals surface area contributed by atoms with Crippen molar-refractivity contribution in [1.82, 2.24) is 9.78 Å². The van der Waals surface area contributed by atoms with Gasteiger partial charge in [0.05, 0.1) is 13.2 Å². The summed E-state index contributed by atoms with van der Waals surface area (Å²) in [5.41, 5.74) is -1.81. The summed E-state index contributed by atoms with van der Waals surface area (Å²) in [6, 6.07) is 0. The van der Waals surface area contributed by atoms with E-state index in [4.69, 9.17) is 9.47 Å². The van der Waals surface area contributed by atoms with Gasteiger partial charge in [0.2, 0.25) is 5.88 Å². The molecule has 94 valence electrons. The van der Waals surface area contributed by atoms with Gasteiger partial charge < -0.3 is 9.47 Å². The van der Waals surface area contributed by atoms with Gasteiger partial charge in [-0.05, 0) is 0 Å². The average molecular weight is 250 g/mol. The molecule has 1 aliphatic rings. The number of alkyl halides is 3. The first-order chi connectivity index (χ1) is 7.93. The molecule has 1 fully saturated rings. The first kappa shape index (κ1) is 11.9. The number of nitrogens with zero attached hydrogens (tertiary/aromatic N) is 2. The van der Waals surface area contributed by atoms with Crippen LogP contribution in [0.25, 0.3) is 0 Å². The lowest BCUT2D eigenvalue weighted by Gasteiger charge is -2.26. The molecule has 0 unspecified atom stereocenters. The molecule has 1 aromatic rings. The fourth-order valence-electron chi connectivity index (χ4n) is 1.42.